The smallest absolute Gasteiger partial charge is 0.248 e. The third-order valence-corrected chi connectivity index (χ3v) is 2.84. The van der Waals surface area contributed by atoms with Gasteiger partial charge in [-0.1, -0.05) is 0 Å². The topological polar surface area (TPSA) is 50.8 Å². The molecule has 0 radical (unpaired) electrons. The van der Waals surface area contributed by atoms with E-state index in [1.165, 1.54) is 0 Å². The minimum atomic E-state index is -0.156. The molecule has 0 aromatic heterocycles. The maximum Gasteiger partial charge on any atom is 0.248 e. The average molecular weight is 244 g/mol. The minimum Gasteiger partial charge on any atom is -0.369 e. The van der Waals surface area contributed by atoms with Gasteiger partial charge in [-0.2, -0.15) is 0 Å². The molecule has 1 amide bonds. The van der Waals surface area contributed by atoms with Crippen molar-refractivity contribution in [1.82, 2.24) is 10.2 Å². The van der Waals surface area contributed by atoms with E-state index < -0.39 is 0 Å². The van der Waals surface area contributed by atoms with Crippen molar-refractivity contribution in [3.05, 3.63) is 0 Å². The fraction of sp³-hybridized carbons (Fsp3) is 0.917. The van der Waals surface area contributed by atoms with Crippen molar-refractivity contribution in [2.24, 2.45) is 0 Å². The van der Waals surface area contributed by atoms with Crippen LogP contribution in [0.15, 0.2) is 0 Å². The molecule has 0 spiro atoms. The highest BCUT2D eigenvalue weighted by atomic mass is 16.5. The standard InChI is InChI=1S/C12H24N2O3/c1-5-14(4)11(15)8-16-7-10-6-13-9-12(2,3)17-10/h10,13H,5-9H2,1-4H3. The van der Waals surface area contributed by atoms with Crippen molar-refractivity contribution in [2.45, 2.75) is 32.5 Å². The Balaban J connectivity index is 2.20. The van der Waals surface area contributed by atoms with Crippen LogP contribution >= 0.6 is 0 Å². The summed E-state index contributed by atoms with van der Waals surface area (Å²) in [4.78, 5) is 13.1. The van der Waals surface area contributed by atoms with Gasteiger partial charge in [-0.3, -0.25) is 4.79 Å². The fourth-order valence-corrected chi connectivity index (χ4v) is 1.73. The van der Waals surface area contributed by atoms with Crippen molar-refractivity contribution in [3.8, 4) is 0 Å². The second-order valence-electron chi connectivity index (χ2n) is 5.05. The van der Waals surface area contributed by atoms with E-state index in [0.29, 0.717) is 13.2 Å². The highest BCUT2D eigenvalue weighted by Crippen LogP contribution is 2.15. The second-order valence-corrected chi connectivity index (χ2v) is 5.05. The summed E-state index contributed by atoms with van der Waals surface area (Å²) in [5.74, 6) is 0.00975. The molecule has 17 heavy (non-hydrogen) atoms. The Morgan fingerprint density at radius 1 is 1.59 bits per heavy atom. The molecule has 1 atom stereocenters. The first-order chi connectivity index (χ1) is 7.94. The lowest BCUT2D eigenvalue weighted by Crippen LogP contribution is -2.52. The van der Waals surface area contributed by atoms with Gasteiger partial charge in [0.1, 0.15) is 6.61 Å². The molecule has 1 aliphatic rings. The predicted octanol–water partition coefficient (Wildman–Crippen LogP) is 0.248. The first kappa shape index (κ1) is 14.4. The molecule has 1 unspecified atom stereocenters. The molecule has 0 aliphatic carbocycles. The first-order valence-electron chi connectivity index (χ1n) is 6.15. The van der Waals surface area contributed by atoms with E-state index in [1.807, 2.05) is 20.8 Å². The quantitative estimate of drug-likeness (QED) is 0.753. The van der Waals surface area contributed by atoms with E-state index in [0.717, 1.165) is 13.1 Å². The summed E-state index contributed by atoms with van der Waals surface area (Å²) in [6.45, 7) is 8.95. The second kappa shape index (κ2) is 6.33. The molecule has 0 bridgehead atoms. The van der Waals surface area contributed by atoms with Crippen LogP contribution in [0.2, 0.25) is 0 Å². The zero-order valence-corrected chi connectivity index (χ0v) is 11.3. The SMILES string of the molecule is CCN(C)C(=O)COCC1CNCC(C)(C)O1. The van der Waals surface area contributed by atoms with Crippen LogP contribution < -0.4 is 5.32 Å². The van der Waals surface area contributed by atoms with Gasteiger partial charge in [-0.05, 0) is 20.8 Å². The summed E-state index contributed by atoms with van der Waals surface area (Å²) in [5.41, 5.74) is -0.156. The summed E-state index contributed by atoms with van der Waals surface area (Å²) in [5, 5.41) is 3.30. The Morgan fingerprint density at radius 3 is 2.88 bits per heavy atom. The molecule has 0 saturated carbocycles. The molecule has 5 nitrogen and oxygen atoms in total. The summed E-state index contributed by atoms with van der Waals surface area (Å²) in [6.07, 6.45) is 0.0264. The van der Waals surface area contributed by atoms with E-state index in [-0.39, 0.29) is 24.2 Å². The number of nitrogens with zero attached hydrogens (tertiary/aromatic N) is 1. The number of carbonyl (C=O) groups excluding carboxylic acids is 1. The first-order valence-corrected chi connectivity index (χ1v) is 6.15. The lowest BCUT2D eigenvalue weighted by molar-refractivity contribution is -0.142. The number of likely N-dealkylation sites (N-methyl/N-ethyl adjacent to an activating group) is 1. The largest absolute Gasteiger partial charge is 0.369 e. The number of nitrogens with one attached hydrogen (secondary N) is 1. The molecule has 1 heterocycles. The van der Waals surface area contributed by atoms with Crippen LogP contribution in [0.25, 0.3) is 0 Å². The zero-order chi connectivity index (χ0) is 12.9. The van der Waals surface area contributed by atoms with Gasteiger partial charge in [-0.25, -0.2) is 0 Å². The molecule has 1 saturated heterocycles. The maximum absolute atomic E-state index is 11.5. The number of hydrogen-bond donors (Lipinski definition) is 1. The number of amides is 1. The maximum atomic E-state index is 11.5. The van der Waals surface area contributed by atoms with Crippen LogP contribution in [0.5, 0.6) is 0 Å². The highest BCUT2D eigenvalue weighted by molar-refractivity contribution is 5.77. The Morgan fingerprint density at radius 2 is 2.29 bits per heavy atom. The lowest BCUT2D eigenvalue weighted by Gasteiger charge is -2.36. The molecule has 1 aliphatic heterocycles. The van der Waals surface area contributed by atoms with E-state index in [9.17, 15) is 4.79 Å². The summed E-state index contributed by atoms with van der Waals surface area (Å²) in [7, 11) is 1.77. The zero-order valence-electron chi connectivity index (χ0n) is 11.3. The van der Waals surface area contributed by atoms with Crippen molar-refractivity contribution in [2.75, 3.05) is 39.9 Å². The summed E-state index contributed by atoms with van der Waals surface area (Å²) < 4.78 is 11.2. The Hall–Kier alpha value is -0.650. The van der Waals surface area contributed by atoms with Gasteiger partial charge in [0.15, 0.2) is 0 Å². The third kappa shape index (κ3) is 5.02. The van der Waals surface area contributed by atoms with Gasteiger partial charge < -0.3 is 19.7 Å². The molecular weight excluding hydrogens is 220 g/mol. The van der Waals surface area contributed by atoms with Crippen molar-refractivity contribution < 1.29 is 14.3 Å². The van der Waals surface area contributed by atoms with Crippen LogP contribution in [0.4, 0.5) is 0 Å². The molecule has 0 aromatic rings. The van der Waals surface area contributed by atoms with Crippen LogP contribution in [0.1, 0.15) is 20.8 Å². The molecule has 1 N–H and O–H groups in total. The number of carbonyl (C=O) groups is 1. The van der Waals surface area contributed by atoms with Crippen LogP contribution in [0.3, 0.4) is 0 Å². The number of hydrogen-bond acceptors (Lipinski definition) is 4. The van der Waals surface area contributed by atoms with Gasteiger partial charge >= 0.3 is 0 Å². The molecule has 0 aromatic carbocycles. The summed E-state index contributed by atoms with van der Waals surface area (Å²) >= 11 is 0. The van der Waals surface area contributed by atoms with E-state index in [4.69, 9.17) is 9.47 Å². The number of morpholine rings is 1. The van der Waals surface area contributed by atoms with E-state index in [1.54, 1.807) is 11.9 Å². The van der Waals surface area contributed by atoms with Gasteiger partial charge in [0.25, 0.3) is 0 Å². The molecular formula is C12H24N2O3. The molecule has 100 valence electrons. The third-order valence-electron chi connectivity index (χ3n) is 2.84. The van der Waals surface area contributed by atoms with Gasteiger partial charge in [0, 0.05) is 26.7 Å². The average Bonchev–Trinajstić information content (AvgIpc) is 2.26. The Bertz CT molecular complexity index is 256. The Kier molecular flexibility index (Phi) is 5.36. The van der Waals surface area contributed by atoms with Crippen molar-refractivity contribution in [3.63, 3.8) is 0 Å². The molecule has 5 heteroatoms. The van der Waals surface area contributed by atoms with Crippen LogP contribution in [-0.2, 0) is 14.3 Å². The fourth-order valence-electron chi connectivity index (χ4n) is 1.73. The van der Waals surface area contributed by atoms with E-state index in [2.05, 4.69) is 5.32 Å². The normalized spacial score (nSPS) is 23.4. The summed E-state index contributed by atoms with van der Waals surface area (Å²) in [6, 6.07) is 0. The van der Waals surface area contributed by atoms with Crippen LogP contribution in [0, 0.1) is 0 Å². The monoisotopic (exact) mass is 244 g/mol. The van der Waals surface area contributed by atoms with Gasteiger partial charge in [0.2, 0.25) is 5.91 Å². The van der Waals surface area contributed by atoms with Crippen molar-refractivity contribution >= 4 is 5.91 Å². The van der Waals surface area contributed by atoms with Crippen molar-refractivity contribution in [1.29, 1.82) is 0 Å². The molecule has 1 rings (SSSR count). The number of rotatable bonds is 5. The lowest BCUT2D eigenvalue weighted by atomic mass is 10.1. The predicted molar refractivity (Wildman–Crippen MR) is 66.0 cm³/mol. The van der Waals surface area contributed by atoms with Gasteiger partial charge in [0.05, 0.1) is 18.3 Å². The highest BCUT2D eigenvalue weighted by Gasteiger charge is 2.28. The van der Waals surface area contributed by atoms with Crippen LogP contribution in [-0.4, -0.2) is 62.4 Å². The van der Waals surface area contributed by atoms with E-state index >= 15 is 0 Å². The number of ether oxygens (including phenoxy) is 2. The molecule has 1 fully saturated rings. The van der Waals surface area contributed by atoms with Gasteiger partial charge in [-0.15, -0.1) is 0 Å². The Labute approximate surface area is 103 Å². The minimum absolute atomic E-state index is 0.00975.